The lowest BCUT2D eigenvalue weighted by atomic mass is 10.0. The first-order valence-electron chi connectivity index (χ1n) is 12.6. The lowest BCUT2D eigenvalue weighted by Crippen LogP contribution is -3.00. The van der Waals surface area contributed by atoms with Crippen LogP contribution in [0.25, 0.3) is 0 Å². The van der Waals surface area contributed by atoms with Crippen LogP contribution in [-0.2, 0) is 4.74 Å². The minimum atomic E-state index is 0. The smallest absolute Gasteiger partial charge is 0.219 e. The van der Waals surface area contributed by atoms with Gasteiger partial charge >= 0.3 is 0 Å². The van der Waals surface area contributed by atoms with Gasteiger partial charge in [0.05, 0.1) is 27.2 Å². The van der Waals surface area contributed by atoms with Gasteiger partial charge in [0.15, 0.2) is 0 Å². The Labute approximate surface area is 213 Å². The molecule has 1 rings (SSSR count). The summed E-state index contributed by atoms with van der Waals surface area (Å²) in [5, 5.41) is 0. The van der Waals surface area contributed by atoms with Crippen molar-refractivity contribution in [1.29, 1.82) is 0 Å². The number of nitrogens with zero attached hydrogens (tertiary/aromatic N) is 1. The number of benzene rings is 1. The molecule has 0 aliphatic carbocycles. The summed E-state index contributed by atoms with van der Waals surface area (Å²) in [6.07, 6.45) is 20.0. The first-order chi connectivity index (χ1) is 14.1. The van der Waals surface area contributed by atoms with Crippen molar-refractivity contribution in [3.8, 4) is 0 Å². The zero-order chi connectivity index (χ0) is 21.2. The summed E-state index contributed by atoms with van der Waals surface area (Å²) in [4.78, 5) is 0. The van der Waals surface area contributed by atoms with Crippen LogP contribution in [0.3, 0.4) is 0 Å². The monoisotopic (exact) mass is 492 g/mol. The van der Waals surface area contributed by atoms with Gasteiger partial charge in [-0.15, -0.1) is 12.4 Å². The maximum Gasteiger partial charge on any atom is 0.219 e. The van der Waals surface area contributed by atoms with Crippen molar-refractivity contribution in [1.82, 2.24) is 6.15 Å². The summed E-state index contributed by atoms with van der Waals surface area (Å²) in [5.74, 6) is 0. The van der Waals surface area contributed by atoms with E-state index in [2.05, 4.69) is 58.3 Å². The van der Waals surface area contributed by atoms with Crippen LogP contribution in [-0.4, -0.2) is 31.7 Å². The van der Waals surface area contributed by atoms with Crippen LogP contribution in [0.5, 0.6) is 0 Å². The molecule has 0 aliphatic rings. The summed E-state index contributed by atoms with van der Waals surface area (Å²) >= 11 is 0. The molecule has 0 saturated heterocycles. The van der Waals surface area contributed by atoms with Crippen molar-refractivity contribution in [2.45, 2.75) is 110 Å². The maximum absolute atomic E-state index is 6.13. The average Bonchev–Trinajstić information content (AvgIpc) is 2.72. The van der Waals surface area contributed by atoms with E-state index in [-0.39, 0.29) is 37.2 Å². The van der Waals surface area contributed by atoms with Crippen molar-refractivity contribution >= 4 is 12.4 Å². The molecule has 0 aliphatic heterocycles. The van der Waals surface area contributed by atoms with Gasteiger partial charge in [-0.1, -0.05) is 114 Å². The van der Waals surface area contributed by atoms with E-state index < -0.39 is 0 Å². The van der Waals surface area contributed by atoms with E-state index in [9.17, 15) is 0 Å². The van der Waals surface area contributed by atoms with Crippen LogP contribution in [0.2, 0.25) is 0 Å². The number of halogens is 2. The molecule has 0 saturated carbocycles. The summed E-state index contributed by atoms with van der Waals surface area (Å²) in [6.45, 7) is 6.34. The van der Waals surface area contributed by atoms with E-state index in [1.807, 2.05) is 0 Å². The van der Waals surface area contributed by atoms with Crippen LogP contribution in [0.4, 0.5) is 0 Å². The van der Waals surface area contributed by atoms with Gasteiger partial charge in [0, 0.05) is 5.56 Å². The van der Waals surface area contributed by atoms with Crippen molar-refractivity contribution in [2.24, 2.45) is 0 Å². The molecule has 192 valence electrons. The molecule has 3 nitrogen and oxygen atoms in total. The van der Waals surface area contributed by atoms with E-state index in [1.165, 1.54) is 102 Å². The van der Waals surface area contributed by atoms with Crippen molar-refractivity contribution in [3.05, 3.63) is 35.9 Å². The number of hydrogen-bond donors (Lipinski definition) is 1. The fourth-order valence-corrected chi connectivity index (χ4v) is 4.31. The van der Waals surface area contributed by atoms with E-state index in [4.69, 9.17) is 4.74 Å². The molecule has 1 aromatic rings. The molecule has 32 heavy (non-hydrogen) atoms. The second-order valence-electron chi connectivity index (χ2n) is 9.32. The Hall–Kier alpha value is -0.320. The van der Waals surface area contributed by atoms with E-state index in [0.717, 1.165) is 11.1 Å². The van der Waals surface area contributed by atoms with Gasteiger partial charge in [-0.2, -0.15) is 0 Å². The number of hydrogen-bond acceptors (Lipinski definition) is 2. The third-order valence-corrected chi connectivity index (χ3v) is 6.13. The summed E-state index contributed by atoms with van der Waals surface area (Å²) < 4.78 is 7.05. The Morgan fingerprint density at radius 3 is 1.50 bits per heavy atom. The summed E-state index contributed by atoms with van der Waals surface area (Å²) in [5.41, 5.74) is 1.30. The van der Waals surface area contributed by atoms with Crippen molar-refractivity contribution in [3.63, 3.8) is 0 Å². The van der Waals surface area contributed by atoms with Crippen molar-refractivity contribution in [2.75, 3.05) is 27.2 Å². The first-order valence-corrected chi connectivity index (χ1v) is 12.6. The standard InChI is InChI=1S/C27H50NO.2ClH.H3N/c1-5-7-8-9-10-11-12-13-14-15-16-17-18-22-25-28(3,4)27(29-6-2)26-23-20-19-21-24-26;;;/h19-21,23-24,27H,5-18,22,25H2,1-4H3;2*1H;1H3/q+1;;;/p-1. The van der Waals surface area contributed by atoms with Gasteiger partial charge in [0.25, 0.3) is 0 Å². The highest BCUT2D eigenvalue weighted by atomic mass is 35.5. The van der Waals surface area contributed by atoms with Crippen LogP contribution >= 0.6 is 12.4 Å². The molecule has 0 amide bonds. The molecular formula is C27H54Cl2N2O. The second kappa shape index (κ2) is 23.8. The van der Waals surface area contributed by atoms with E-state index in [0.29, 0.717) is 0 Å². The number of quaternary nitrogens is 1. The highest BCUT2D eigenvalue weighted by Gasteiger charge is 2.29. The Morgan fingerprint density at radius 2 is 1.09 bits per heavy atom. The molecule has 1 atom stereocenters. The Morgan fingerprint density at radius 1 is 0.688 bits per heavy atom. The number of rotatable bonds is 19. The molecule has 5 heteroatoms. The van der Waals surface area contributed by atoms with Crippen LogP contribution < -0.4 is 18.6 Å². The first kappa shape index (κ1) is 36.3. The van der Waals surface area contributed by atoms with Gasteiger partial charge in [-0.3, -0.25) is 4.48 Å². The zero-order valence-electron chi connectivity index (χ0n) is 21.6. The quantitative estimate of drug-likeness (QED) is 0.149. The highest BCUT2D eigenvalue weighted by molar-refractivity contribution is 5.85. The largest absolute Gasteiger partial charge is 1.00 e. The second-order valence-corrected chi connectivity index (χ2v) is 9.32. The third-order valence-electron chi connectivity index (χ3n) is 6.13. The van der Waals surface area contributed by atoms with Crippen molar-refractivity contribution < 1.29 is 21.6 Å². The molecule has 3 N–H and O–H groups in total. The summed E-state index contributed by atoms with van der Waals surface area (Å²) in [6, 6.07) is 10.7. The van der Waals surface area contributed by atoms with E-state index >= 15 is 0 Å². The van der Waals surface area contributed by atoms with Gasteiger partial charge < -0.3 is 23.3 Å². The lowest BCUT2D eigenvalue weighted by molar-refractivity contribution is -0.944. The fraction of sp³-hybridized carbons (Fsp3) is 0.778. The minimum absolute atomic E-state index is 0. The molecule has 1 unspecified atom stereocenters. The maximum atomic E-state index is 6.13. The molecule has 0 heterocycles. The number of ether oxygens (including phenoxy) is 1. The number of unbranched alkanes of at least 4 members (excludes halogenated alkanes) is 13. The van der Waals surface area contributed by atoms with Crippen LogP contribution in [0, 0.1) is 0 Å². The zero-order valence-corrected chi connectivity index (χ0v) is 23.2. The van der Waals surface area contributed by atoms with E-state index in [1.54, 1.807) is 0 Å². The summed E-state index contributed by atoms with van der Waals surface area (Å²) in [7, 11) is 4.63. The molecule has 0 aromatic heterocycles. The van der Waals surface area contributed by atoms with Gasteiger partial charge in [-0.05, 0) is 19.8 Å². The third kappa shape index (κ3) is 17.2. The normalized spacial score (nSPS) is 11.8. The Bertz CT molecular complexity index is 486. The van der Waals surface area contributed by atoms with Crippen LogP contribution in [0.15, 0.2) is 30.3 Å². The van der Waals surface area contributed by atoms with Gasteiger partial charge in [0.2, 0.25) is 6.23 Å². The Kier molecular flexibility index (Phi) is 27.0. The molecule has 0 radical (unpaired) electrons. The molecule has 0 spiro atoms. The predicted molar refractivity (Wildman–Crippen MR) is 140 cm³/mol. The Balaban J connectivity index is -0.00000280. The minimum Gasteiger partial charge on any atom is -1.00 e. The van der Waals surface area contributed by atoms with Gasteiger partial charge in [-0.25, -0.2) is 0 Å². The molecule has 0 bridgehead atoms. The fourth-order valence-electron chi connectivity index (χ4n) is 4.31. The highest BCUT2D eigenvalue weighted by Crippen LogP contribution is 2.27. The molecule has 0 fully saturated rings. The lowest BCUT2D eigenvalue weighted by Gasteiger charge is -2.37. The molecular weight excluding hydrogens is 439 g/mol. The van der Waals surface area contributed by atoms with Gasteiger partial charge in [0.1, 0.15) is 0 Å². The molecule has 1 aromatic carbocycles. The van der Waals surface area contributed by atoms with Crippen LogP contribution in [0.1, 0.15) is 116 Å². The average molecular weight is 494 g/mol. The SMILES string of the molecule is CCCCCCCCCCCCCCCC[N+](C)(C)C(OCC)c1ccccc1.Cl.N.[Cl-]. The topological polar surface area (TPSA) is 44.2 Å². The predicted octanol–water partition coefficient (Wildman–Crippen LogP) is 5.87.